The first-order chi connectivity index (χ1) is 12.2. The van der Waals surface area contributed by atoms with Gasteiger partial charge < -0.3 is 9.64 Å². The molecule has 0 bridgehead atoms. The average molecular weight is 402 g/mol. The van der Waals surface area contributed by atoms with E-state index in [1.165, 1.54) is 0 Å². The molecule has 6 nitrogen and oxygen atoms in total. The fraction of sp³-hybridized carbons (Fsp3) is 0.250. The third-order valence-corrected chi connectivity index (χ3v) is 4.81. The summed E-state index contributed by atoms with van der Waals surface area (Å²) in [6.45, 7) is 4.30. The quantitative estimate of drug-likeness (QED) is 0.447. The second-order valence-electron chi connectivity index (χ2n) is 5.61. The van der Waals surface area contributed by atoms with Gasteiger partial charge in [-0.15, -0.1) is 6.58 Å². The summed E-state index contributed by atoms with van der Waals surface area (Å²) in [7, 11) is -3.76. The Kier molecular flexibility index (Phi) is 4.85. The van der Waals surface area contributed by atoms with Gasteiger partial charge in [-0.25, -0.2) is 27.2 Å². The lowest BCUT2D eigenvalue weighted by Gasteiger charge is -2.28. The normalized spacial score (nSPS) is 13.9. The zero-order chi connectivity index (χ0) is 19.1. The summed E-state index contributed by atoms with van der Waals surface area (Å²) in [6, 6.07) is 1.72. The Balaban J connectivity index is 2.39. The van der Waals surface area contributed by atoms with Crippen molar-refractivity contribution in [1.29, 1.82) is 0 Å². The third-order valence-electron chi connectivity index (χ3n) is 3.69. The van der Waals surface area contributed by atoms with Crippen LogP contribution in [0.3, 0.4) is 0 Å². The molecule has 1 aromatic heterocycles. The second kappa shape index (κ2) is 6.81. The van der Waals surface area contributed by atoms with E-state index in [2.05, 4.69) is 16.5 Å². The number of nitrogens with zero attached hydrogens (tertiary/aromatic N) is 3. The van der Waals surface area contributed by atoms with Crippen molar-refractivity contribution in [1.82, 2.24) is 9.97 Å². The van der Waals surface area contributed by atoms with Crippen LogP contribution in [0.2, 0.25) is 5.15 Å². The van der Waals surface area contributed by atoms with Crippen LogP contribution in [0.4, 0.5) is 14.6 Å². The molecule has 1 aromatic carbocycles. The summed E-state index contributed by atoms with van der Waals surface area (Å²) < 4.78 is 57.4. The minimum atomic E-state index is -3.76. The van der Waals surface area contributed by atoms with Gasteiger partial charge in [0.05, 0.1) is 17.7 Å². The van der Waals surface area contributed by atoms with Crippen molar-refractivity contribution < 1.29 is 21.9 Å². The van der Waals surface area contributed by atoms with E-state index in [9.17, 15) is 17.2 Å². The maximum Gasteiger partial charge on any atom is 0.250 e. The molecule has 1 aliphatic heterocycles. The number of ether oxygens (including phenoxy) is 1. The molecular formula is C16H14ClF2N3O3S. The molecule has 0 amide bonds. The van der Waals surface area contributed by atoms with Gasteiger partial charge in [0.25, 0.3) is 0 Å². The number of sulfone groups is 1. The van der Waals surface area contributed by atoms with Crippen molar-refractivity contribution in [2.75, 3.05) is 30.9 Å². The fourth-order valence-corrected chi connectivity index (χ4v) is 3.44. The van der Waals surface area contributed by atoms with Crippen molar-refractivity contribution in [2.45, 2.75) is 5.16 Å². The van der Waals surface area contributed by atoms with Crippen molar-refractivity contribution in [3.05, 3.63) is 41.6 Å². The SMILES string of the molecule is C=CCN1CCOc2cc(F)cc(F)c2-c2c(Cl)nc(S(C)(=O)=O)nc21. The number of hydrogen-bond acceptors (Lipinski definition) is 6. The first kappa shape index (κ1) is 18.5. The van der Waals surface area contributed by atoms with Crippen molar-refractivity contribution >= 4 is 27.3 Å². The van der Waals surface area contributed by atoms with E-state index >= 15 is 0 Å². The molecular weight excluding hydrogens is 388 g/mol. The van der Waals surface area contributed by atoms with E-state index in [1.54, 1.807) is 11.0 Å². The first-order valence-corrected chi connectivity index (χ1v) is 9.75. The Bertz CT molecular complexity index is 999. The molecule has 0 aliphatic carbocycles. The van der Waals surface area contributed by atoms with E-state index in [0.29, 0.717) is 6.07 Å². The van der Waals surface area contributed by atoms with Crippen LogP contribution < -0.4 is 9.64 Å². The number of anilines is 1. The lowest BCUT2D eigenvalue weighted by molar-refractivity contribution is 0.320. The predicted octanol–water partition coefficient (Wildman–Crippen LogP) is 2.86. The highest BCUT2D eigenvalue weighted by Gasteiger charge is 2.29. The van der Waals surface area contributed by atoms with Gasteiger partial charge in [0, 0.05) is 24.9 Å². The lowest BCUT2D eigenvalue weighted by Crippen LogP contribution is -2.32. The summed E-state index contributed by atoms with van der Waals surface area (Å²) >= 11 is 6.20. The van der Waals surface area contributed by atoms with Crippen molar-refractivity contribution in [3.63, 3.8) is 0 Å². The molecule has 2 aromatic rings. The van der Waals surface area contributed by atoms with Gasteiger partial charge in [-0.05, 0) is 0 Å². The van der Waals surface area contributed by atoms with Gasteiger partial charge in [0.2, 0.25) is 15.0 Å². The van der Waals surface area contributed by atoms with Crippen LogP contribution in [0.1, 0.15) is 0 Å². The summed E-state index contributed by atoms with van der Waals surface area (Å²) in [5.74, 6) is -1.67. The summed E-state index contributed by atoms with van der Waals surface area (Å²) in [4.78, 5) is 9.51. The lowest BCUT2D eigenvalue weighted by atomic mass is 10.0. The molecule has 0 saturated heterocycles. The zero-order valence-electron chi connectivity index (χ0n) is 13.7. The Labute approximate surface area is 154 Å². The number of benzene rings is 1. The van der Waals surface area contributed by atoms with Crippen LogP contribution in [0, 0.1) is 11.6 Å². The Morgan fingerprint density at radius 3 is 2.73 bits per heavy atom. The van der Waals surface area contributed by atoms with Crippen LogP contribution in [0.25, 0.3) is 11.1 Å². The molecule has 2 heterocycles. The van der Waals surface area contributed by atoms with Gasteiger partial charge in [-0.1, -0.05) is 17.7 Å². The van der Waals surface area contributed by atoms with Gasteiger partial charge >= 0.3 is 0 Å². The fourth-order valence-electron chi connectivity index (χ4n) is 2.62. The summed E-state index contributed by atoms with van der Waals surface area (Å²) in [5, 5.41) is -0.761. The number of rotatable bonds is 3. The van der Waals surface area contributed by atoms with Crippen LogP contribution >= 0.6 is 11.6 Å². The number of aromatic nitrogens is 2. The topological polar surface area (TPSA) is 72.4 Å². The summed E-state index contributed by atoms with van der Waals surface area (Å²) in [6.07, 6.45) is 2.52. The molecule has 0 saturated carbocycles. The largest absolute Gasteiger partial charge is 0.491 e. The molecule has 138 valence electrons. The van der Waals surface area contributed by atoms with E-state index < -0.39 is 26.6 Å². The number of halogens is 3. The van der Waals surface area contributed by atoms with Crippen molar-refractivity contribution in [3.8, 4) is 16.9 Å². The van der Waals surface area contributed by atoms with E-state index in [-0.39, 0.29) is 47.5 Å². The highest BCUT2D eigenvalue weighted by molar-refractivity contribution is 7.90. The average Bonchev–Trinajstić information content (AvgIpc) is 2.51. The minimum Gasteiger partial charge on any atom is -0.491 e. The van der Waals surface area contributed by atoms with Crippen LogP contribution in [-0.4, -0.2) is 44.3 Å². The Hall–Kier alpha value is -2.26. The molecule has 0 N–H and O–H groups in total. The number of hydrogen-bond donors (Lipinski definition) is 0. The van der Waals surface area contributed by atoms with Gasteiger partial charge in [0.15, 0.2) is 0 Å². The summed E-state index contributed by atoms with van der Waals surface area (Å²) in [5.41, 5.74) is -0.0895. The minimum absolute atomic E-state index is 0.0353. The van der Waals surface area contributed by atoms with Crippen LogP contribution in [0.5, 0.6) is 5.75 Å². The standard InChI is InChI=1S/C16H14ClF2N3O3S/c1-3-4-22-5-6-25-11-8-9(18)7-10(19)12(11)13-14(17)20-16(21-15(13)22)26(2,23)24/h3,7-8H,1,4-6H2,2H3. The van der Waals surface area contributed by atoms with E-state index in [4.69, 9.17) is 16.3 Å². The molecule has 26 heavy (non-hydrogen) atoms. The Morgan fingerprint density at radius 1 is 1.35 bits per heavy atom. The predicted molar refractivity (Wildman–Crippen MR) is 93.4 cm³/mol. The van der Waals surface area contributed by atoms with Gasteiger partial charge in [-0.3, -0.25) is 0 Å². The molecule has 10 heteroatoms. The van der Waals surface area contributed by atoms with Crippen LogP contribution in [0.15, 0.2) is 29.9 Å². The van der Waals surface area contributed by atoms with Gasteiger partial charge in [0.1, 0.15) is 35.0 Å². The molecule has 0 spiro atoms. The molecule has 0 radical (unpaired) electrons. The third kappa shape index (κ3) is 3.36. The number of fused-ring (bicyclic) bond motifs is 3. The molecule has 1 aliphatic rings. The molecule has 0 atom stereocenters. The molecule has 0 unspecified atom stereocenters. The van der Waals surface area contributed by atoms with Gasteiger partial charge in [-0.2, -0.15) is 0 Å². The maximum atomic E-state index is 14.6. The molecule has 3 rings (SSSR count). The highest BCUT2D eigenvalue weighted by Crippen LogP contribution is 2.43. The Morgan fingerprint density at radius 2 is 2.08 bits per heavy atom. The maximum absolute atomic E-state index is 14.6. The highest BCUT2D eigenvalue weighted by atomic mass is 35.5. The van der Waals surface area contributed by atoms with Crippen molar-refractivity contribution in [2.24, 2.45) is 0 Å². The monoisotopic (exact) mass is 401 g/mol. The smallest absolute Gasteiger partial charge is 0.250 e. The second-order valence-corrected chi connectivity index (χ2v) is 7.88. The van der Waals surface area contributed by atoms with E-state index in [1.807, 2.05) is 0 Å². The van der Waals surface area contributed by atoms with Crippen LogP contribution in [-0.2, 0) is 9.84 Å². The van der Waals surface area contributed by atoms with E-state index in [0.717, 1.165) is 12.3 Å². The molecule has 0 fully saturated rings. The zero-order valence-corrected chi connectivity index (χ0v) is 15.2. The first-order valence-electron chi connectivity index (χ1n) is 7.48.